The second-order valence-corrected chi connectivity index (χ2v) is 9.20. The fourth-order valence-electron chi connectivity index (χ4n) is 6.65. The SMILES string of the molecule is CC(=O)[C@@]1(O)C[C@@H](O)[C@H]2[C@@H]3C=CC4=CC(=O)CC[C@]4(C)[C@H]3CC[C@@]21C. The quantitative estimate of drug-likeness (QED) is 0.767. The van der Waals surface area contributed by atoms with Gasteiger partial charge in [0.1, 0.15) is 5.60 Å². The molecule has 136 valence electrons. The molecule has 2 N–H and O–H groups in total. The molecule has 0 bridgehead atoms. The summed E-state index contributed by atoms with van der Waals surface area (Å²) in [4.78, 5) is 24.1. The maximum Gasteiger partial charge on any atom is 0.161 e. The average Bonchev–Trinajstić information content (AvgIpc) is 2.75. The number of hydrogen-bond acceptors (Lipinski definition) is 4. The van der Waals surface area contributed by atoms with Gasteiger partial charge in [0.25, 0.3) is 0 Å². The maximum atomic E-state index is 12.2. The minimum atomic E-state index is -1.44. The van der Waals surface area contributed by atoms with Crippen molar-refractivity contribution in [3.05, 3.63) is 23.8 Å². The summed E-state index contributed by atoms with van der Waals surface area (Å²) in [5.74, 6) is 0.330. The van der Waals surface area contributed by atoms with Gasteiger partial charge in [-0.3, -0.25) is 9.59 Å². The summed E-state index contributed by atoms with van der Waals surface area (Å²) in [6.45, 7) is 5.67. The number of aliphatic hydroxyl groups excluding tert-OH is 1. The molecule has 2 saturated carbocycles. The Balaban J connectivity index is 1.79. The summed E-state index contributed by atoms with van der Waals surface area (Å²) < 4.78 is 0. The Morgan fingerprint density at radius 2 is 2.00 bits per heavy atom. The van der Waals surface area contributed by atoms with Gasteiger partial charge in [0, 0.05) is 24.2 Å². The molecule has 0 aliphatic heterocycles. The second kappa shape index (κ2) is 5.14. The Morgan fingerprint density at radius 1 is 1.28 bits per heavy atom. The van der Waals surface area contributed by atoms with Crippen LogP contribution in [0.25, 0.3) is 0 Å². The maximum absolute atomic E-state index is 12.2. The molecule has 4 nitrogen and oxygen atoms in total. The molecule has 4 rings (SSSR count). The Hall–Kier alpha value is -1.26. The van der Waals surface area contributed by atoms with E-state index in [2.05, 4.69) is 19.1 Å². The first-order valence-corrected chi connectivity index (χ1v) is 9.48. The van der Waals surface area contributed by atoms with Crippen LogP contribution in [-0.4, -0.2) is 33.5 Å². The Labute approximate surface area is 149 Å². The van der Waals surface area contributed by atoms with Crippen molar-refractivity contribution >= 4 is 11.6 Å². The van der Waals surface area contributed by atoms with E-state index in [1.165, 1.54) is 6.92 Å². The third-order valence-electron chi connectivity index (χ3n) is 8.22. The monoisotopic (exact) mass is 344 g/mol. The number of fused-ring (bicyclic) bond motifs is 5. The molecular formula is C21H28O4. The highest BCUT2D eigenvalue weighted by atomic mass is 16.3. The first-order valence-electron chi connectivity index (χ1n) is 9.48. The normalized spacial score (nSPS) is 51.4. The smallest absolute Gasteiger partial charge is 0.161 e. The van der Waals surface area contributed by atoms with Crippen molar-refractivity contribution < 1.29 is 19.8 Å². The molecular weight excluding hydrogens is 316 g/mol. The van der Waals surface area contributed by atoms with Crippen molar-refractivity contribution in [3.63, 3.8) is 0 Å². The standard InChI is InChI=1S/C21H28O4/c1-12(22)21(25)11-17(24)18-15-5-4-13-10-14(23)6-8-19(13,2)16(15)7-9-20(18,21)3/h4-5,10,15-18,24-25H,6-9,11H2,1-3H3/t15-,16+,17-,18-,19+,20+,21+/m1/s1. The van der Waals surface area contributed by atoms with E-state index in [0.29, 0.717) is 12.3 Å². The van der Waals surface area contributed by atoms with Gasteiger partial charge in [-0.25, -0.2) is 0 Å². The van der Waals surface area contributed by atoms with Crippen LogP contribution in [0.15, 0.2) is 23.8 Å². The van der Waals surface area contributed by atoms with Crippen LogP contribution < -0.4 is 0 Å². The van der Waals surface area contributed by atoms with Gasteiger partial charge in [-0.15, -0.1) is 0 Å². The van der Waals surface area contributed by atoms with Crippen LogP contribution >= 0.6 is 0 Å². The molecule has 2 fully saturated rings. The molecule has 4 aliphatic rings. The van der Waals surface area contributed by atoms with Gasteiger partial charge in [0.05, 0.1) is 6.10 Å². The number of carbonyl (C=O) groups excluding carboxylic acids is 2. The van der Waals surface area contributed by atoms with E-state index in [9.17, 15) is 19.8 Å². The largest absolute Gasteiger partial charge is 0.393 e. The average molecular weight is 344 g/mol. The van der Waals surface area contributed by atoms with Crippen molar-refractivity contribution in [3.8, 4) is 0 Å². The molecule has 0 saturated heterocycles. The number of rotatable bonds is 1. The fraction of sp³-hybridized carbons (Fsp3) is 0.714. The molecule has 4 heteroatoms. The number of carbonyl (C=O) groups is 2. The van der Waals surface area contributed by atoms with E-state index in [1.807, 2.05) is 6.92 Å². The lowest BCUT2D eigenvalue weighted by atomic mass is 9.48. The lowest BCUT2D eigenvalue weighted by Crippen LogP contribution is -2.56. The molecule has 0 spiro atoms. The molecule has 0 amide bonds. The zero-order valence-corrected chi connectivity index (χ0v) is 15.3. The number of Topliss-reactive ketones (excluding diaryl/α,β-unsaturated/α-hetero) is 1. The lowest BCUT2D eigenvalue weighted by molar-refractivity contribution is -0.157. The molecule has 0 aromatic heterocycles. The van der Waals surface area contributed by atoms with Crippen LogP contribution in [0.4, 0.5) is 0 Å². The van der Waals surface area contributed by atoms with Crippen molar-refractivity contribution in [1.29, 1.82) is 0 Å². The number of aliphatic hydroxyl groups is 2. The van der Waals surface area contributed by atoms with Gasteiger partial charge < -0.3 is 10.2 Å². The van der Waals surface area contributed by atoms with Gasteiger partial charge in [-0.1, -0.05) is 26.0 Å². The Bertz CT molecular complexity index is 707. The van der Waals surface area contributed by atoms with Gasteiger partial charge in [-0.05, 0) is 55.1 Å². The highest BCUT2D eigenvalue weighted by molar-refractivity contribution is 5.92. The van der Waals surface area contributed by atoms with E-state index in [-0.39, 0.29) is 35.2 Å². The molecule has 0 heterocycles. The van der Waals surface area contributed by atoms with Crippen LogP contribution in [0, 0.1) is 28.6 Å². The topological polar surface area (TPSA) is 74.6 Å². The predicted octanol–water partition coefficient (Wildman–Crippen LogP) is 2.59. The molecule has 7 atom stereocenters. The van der Waals surface area contributed by atoms with E-state index < -0.39 is 17.1 Å². The summed E-state index contributed by atoms with van der Waals surface area (Å²) in [6, 6.07) is 0. The predicted molar refractivity (Wildman–Crippen MR) is 93.6 cm³/mol. The van der Waals surface area contributed by atoms with Gasteiger partial charge in [0.15, 0.2) is 11.6 Å². The third-order valence-corrected chi connectivity index (χ3v) is 8.22. The zero-order valence-electron chi connectivity index (χ0n) is 15.3. The lowest BCUT2D eigenvalue weighted by Gasteiger charge is -2.57. The highest BCUT2D eigenvalue weighted by Crippen LogP contribution is 2.66. The summed E-state index contributed by atoms with van der Waals surface area (Å²) in [6.07, 6.45) is 8.52. The summed E-state index contributed by atoms with van der Waals surface area (Å²) in [5.41, 5.74) is -0.963. The van der Waals surface area contributed by atoms with Crippen LogP contribution in [0.2, 0.25) is 0 Å². The van der Waals surface area contributed by atoms with E-state index in [4.69, 9.17) is 0 Å². The van der Waals surface area contributed by atoms with Crippen LogP contribution in [0.1, 0.15) is 52.9 Å². The number of hydrogen-bond donors (Lipinski definition) is 2. The molecule has 0 unspecified atom stereocenters. The molecule has 0 aromatic carbocycles. The highest BCUT2D eigenvalue weighted by Gasteiger charge is 2.68. The number of ketones is 2. The summed E-state index contributed by atoms with van der Waals surface area (Å²) in [5, 5.41) is 21.9. The van der Waals surface area contributed by atoms with Crippen molar-refractivity contribution in [2.24, 2.45) is 28.6 Å². The number of allylic oxidation sites excluding steroid dienone is 4. The zero-order chi connectivity index (χ0) is 18.2. The van der Waals surface area contributed by atoms with Crippen LogP contribution in [-0.2, 0) is 9.59 Å². The molecule has 25 heavy (non-hydrogen) atoms. The minimum absolute atomic E-state index is 0.0503. The summed E-state index contributed by atoms with van der Waals surface area (Å²) >= 11 is 0. The third kappa shape index (κ3) is 2.01. The van der Waals surface area contributed by atoms with Gasteiger partial charge >= 0.3 is 0 Å². The first-order chi connectivity index (χ1) is 11.6. The van der Waals surface area contributed by atoms with Gasteiger partial charge in [0.2, 0.25) is 0 Å². The van der Waals surface area contributed by atoms with E-state index in [1.54, 1.807) is 6.08 Å². The first kappa shape index (κ1) is 17.2. The molecule has 0 radical (unpaired) electrons. The summed E-state index contributed by atoms with van der Waals surface area (Å²) in [7, 11) is 0. The van der Waals surface area contributed by atoms with Crippen LogP contribution in [0.3, 0.4) is 0 Å². The van der Waals surface area contributed by atoms with E-state index in [0.717, 1.165) is 24.8 Å². The van der Waals surface area contributed by atoms with Crippen LogP contribution in [0.5, 0.6) is 0 Å². The van der Waals surface area contributed by atoms with Crippen molar-refractivity contribution in [1.82, 2.24) is 0 Å². The Morgan fingerprint density at radius 3 is 2.68 bits per heavy atom. The molecule has 0 aromatic rings. The fourth-order valence-corrected chi connectivity index (χ4v) is 6.65. The van der Waals surface area contributed by atoms with E-state index >= 15 is 0 Å². The van der Waals surface area contributed by atoms with Gasteiger partial charge in [-0.2, -0.15) is 0 Å². The molecule has 4 aliphatic carbocycles. The minimum Gasteiger partial charge on any atom is -0.393 e. The Kier molecular flexibility index (Phi) is 3.53. The van der Waals surface area contributed by atoms with Crippen molar-refractivity contribution in [2.45, 2.75) is 64.6 Å². The van der Waals surface area contributed by atoms with Crippen molar-refractivity contribution in [2.75, 3.05) is 0 Å². The second-order valence-electron chi connectivity index (χ2n) is 9.20.